The fourth-order valence-corrected chi connectivity index (χ4v) is 1.52. The Hall–Kier alpha value is -2.70. The van der Waals surface area contributed by atoms with Gasteiger partial charge in [0.05, 0.1) is 18.6 Å². The fourth-order valence-electron chi connectivity index (χ4n) is 1.52. The number of hydrogen-bond acceptors (Lipinski definition) is 6. The van der Waals surface area contributed by atoms with Crippen molar-refractivity contribution in [3.8, 4) is 5.75 Å². The molecule has 0 radical (unpaired) electrons. The van der Waals surface area contributed by atoms with Crippen molar-refractivity contribution >= 4 is 17.5 Å². The van der Waals surface area contributed by atoms with Crippen molar-refractivity contribution in [2.75, 3.05) is 6.61 Å². The number of aromatic hydroxyl groups is 1. The number of nitrogens with zero attached hydrogens (tertiary/aromatic N) is 3. The highest BCUT2D eigenvalue weighted by atomic mass is 16.5. The summed E-state index contributed by atoms with van der Waals surface area (Å²) in [4.78, 5) is 18.2. The van der Waals surface area contributed by atoms with Gasteiger partial charge in [-0.15, -0.1) is 10.2 Å². The van der Waals surface area contributed by atoms with E-state index in [-0.39, 0.29) is 23.9 Å². The van der Waals surface area contributed by atoms with Crippen molar-refractivity contribution < 1.29 is 14.6 Å². The Labute approximate surface area is 115 Å². The van der Waals surface area contributed by atoms with Crippen LogP contribution in [0.1, 0.15) is 23.0 Å². The van der Waals surface area contributed by atoms with Crippen LogP contribution in [0.5, 0.6) is 5.75 Å². The van der Waals surface area contributed by atoms with Gasteiger partial charge >= 0.3 is 5.97 Å². The van der Waals surface area contributed by atoms with E-state index in [1.165, 1.54) is 12.4 Å². The molecule has 1 aromatic heterocycles. The third-order valence-electron chi connectivity index (χ3n) is 2.54. The van der Waals surface area contributed by atoms with Crippen molar-refractivity contribution in [3.63, 3.8) is 0 Å². The van der Waals surface area contributed by atoms with E-state index in [4.69, 9.17) is 4.74 Å². The Morgan fingerprint density at radius 1 is 1.45 bits per heavy atom. The molecular weight excluding hydrogens is 260 g/mol. The number of nitrogens with one attached hydrogen (secondary N) is 1. The number of aryl methyl sites for hydroxylation is 1. The number of azo groups is 1. The van der Waals surface area contributed by atoms with Crippen molar-refractivity contribution in [1.29, 1.82) is 0 Å². The first-order valence-electron chi connectivity index (χ1n) is 6.03. The zero-order valence-electron chi connectivity index (χ0n) is 11.1. The number of carbonyl (C=O) groups excluding carboxylic acids is 1. The molecule has 2 aromatic rings. The molecule has 0 saturated carbocycles. The van der Waals surface area contributed by atoms with E-state index in [0.29, 0.717) is 5.69 Å². The number of rotatable bonds is 4. The fraction of sp³-hybridized carbons (Fsp3) is 0.231. The number of hydrogen-bond donors (Lipinski definition) is 2. The number of carbonyl (C=O) groups is 1. The molecule has 0 spiro atoms. The normalized spacial score (nSPS) is 10.9. The van der Waals surface area contributed by atoms with Crippen LogP contribution in [0.25, 0.3) is 0 Å². The monoisotopic (exact) mass is 274 g/mol. The summed E-state index contributed by atoms with van der Waals surface area (Å²) in [5.41, 5.74) is 1.50. The van der Waals surface area contributed by atoms with Gasteiger partial charge in [-0.3, -0.25) is 0 Å². The summed E-state index contributed by atoms with van der Waals surface area (Å²) >= 11 is 0. The zero-order chi connectivity index (χ0) is 14.5. The molecule has 0 atom stereocenters. The molecule has 0 aliphatic rings. The zero-order valence-corrected chi connectivity index (χ0v) is 11.1. The first kappa shape index (κ1) is 13.7. The second-order valence-electron chi connectivity index (χ2n) is 3.99. The van der Waals surface area contributed by atoms with Gasteiger partial charge < -0.3 is 14.8 Å². The molecule has 0 saturated heterocycles. The first-order valence-corrected chi connectivity index (χ1v) is 6.03. The highest BCUT2D eigenvalue weighted by molar-refractivity contribution is 5.91. The Morgan fingerprint density at radius 2 is 2.25 bits per heavy atom. The van der Waals surface area contributed by atoms with Crippen LogP contribution in [0.4, 0.5) is 11.5 Å². The van der Waals surface area contributed by atoms with Crippen molar-refractivity contribution in [2.24, 2.45) is 10.2 Å². The van der Waals surface area contributed by atoms with E-state index in [1.807, 2.05) is 6.92 Å². The van der Waals surface area contributed by atoms with Crippen molar-refractivity contribution in [1.82, 2.24) is 9.97 Å². The number of H-pyrrole nitrogens is 1. The van der Waals surface area contributed by atoms with Crippen LogP contribution in [-0.4, -0.2) is 27.7 Å². The summed E-state index contributed by atoms with van der Waals surface area (Å²) in [6, 6.07) is 4.77. The van der Waals surface area contributed by atoms with E-state index in [1.54, 1.807) is 19.1 Å². The molecule has 0 aliphatic carbocycles. The maximum atomic E-state index is 11.6. The summed E-state index contributed by atoms with van der Waals surface area (Å²) in [5.74, 6) is -0.296. The summed E-state index contributed by atoms with van der Waals surface area (Å²) in [7, 11) is 0. The molecule has 104 valence electrons. The number of aromatic nitrogens is 2. The molecule has 0 amide bonds. The van der Waals surface area contributed by atoms with Gasteiger partial charge in [0.1, 0.15) is 5.75 Å². The van der Waals surface area contributed by atoms with Crippen LogP contribution in [0, 0.1) is 6.92 Å². The number of ether oxygens (including phenoxy) is 1. The minimum absolute atomic E-state index is 0.0946. The average molecular weight is 274 g/mol. The average Bonchev–Trinajstić information content (AvgIpc) is 2.88. The summed E-state index contributed by atoms with van der Waals surface area (Å²) in [6.45, 7) is 3.82. The van der Waals surface area contributed by atoms with Gasteiger partial charge in [0.15, 0.2) is 5.69 Å². The van der Waals surface area contributed by atoms with Crippen molar-refractivity contribution in [2.45, 2.75) is 13.8 Å². The van der Waals surface area contributed by atoms with Gasteiger partial charge in [0.2, 0.25) is 5.82 Å². The van der Waals surface area contributed by atoms with Crippen LogP contribution in [-0.2, 0) is 4.74 Å². The lowest BCUT2D eigenvalue weighted by Crippen LogP contribution is -2.04. The number of phenolic OH excluding ortho intramolecular Hbond substituents is 1. The van der Waals surface area contributed by atoms with Crippen LogP contribution in [0.15, 0.2) is 34.8 Å². The van der Waals surface area contributed by atoms with Gasteiger partial charge in [-0.1, -0.05) is 6.07 Å². The lowest BCUT2D eigenvalue weighted by molar-refractivity contribution is 0.0521. The number of benzene rings is 1. The van der Waals surface area contributed by atoms with Gasteiger partial charge in [-0.05, 0) is 25.5 Å². The highest BCUT2D eigenvalue weighted by Crippen LogP contribution is 2.26. The Bertz CT molecular complexity index is 649. The Morgan fingerprint density at radius 3 is 3.00 bits per heavy atom. The highest BCUT2D eigenvalue weighted by Gasteiger charge is 2.15. The molecule has 2 N–H and O–H groups in total. The maximum Gasteiger partial charge on any atom is 0.358 e. The Kier molecular flexibility index (Phi) is 4.09. The molecule has 7 heteroatoms. The second-order valence-corrected chi connectivity index (χ2v) is 3.99. The lowest BCUT2D eigenvalue weighted by atomic mass is 10.2. The molecule has 7 nitrogen and oxygen atoms in total. The topological polar surface area (TPSA) is 99.9 Å². The third-order valence-corrected chi connectivity index (χ3v) is 2.54. The molecule has 0 aliphatic heterocycles. The molecule has 20 heavy (non-hydrogen) atoms. The quantitative estimate of drug-likeness (QED) is 0.661. The number of imidazole rings is 1. The minimum Gasteiger partial charge on any atom is -0.508 e. The SMILES string of the molecule is CCOC(=O)c1[nH]cnc1N=Nc1cc(O)ccc1C. The maximum absolute atomic E-state index is 11.6. The van der Waals surface area contributed by atoms with Gasteiger partial charge in [0.25, 0.3) is 0 Å². The van der Waals surface area contributed by atoms with Crippen LogP contribution in [0.2, 0.25) is 0 Å². The van der Waals surface area contributed by atoms with E-state index in [2.05, 4.69) is 20.2 Å². The molecule has 0 unspecified atom stereocenters. The van der Waals surface area contributed by atoms with Gasteiger partial charge in [0, 0.05) is 6.07 Å². The third kappa shape index (κ3) is 3.00. The van der Waals surface area contributed by atoms with E-state index < -0.39 is 5.97 Å². The van der Waals surface area contributed by atoms with E-state index >= 15 is 0 Å². The number of phenols is 1. The molecular formula is C13H14N4O3. The molecule has 0 fully saturated rings. The van der Waals surface area contributed by atoms with Crippen LogP contribution < -0.4 is 0 Å². The summed E-state index contributed by atoms with van der Waals surface area (Å²) in [6.07, 6.45) is 1.34. The summed E-state index contributed by atoms with van der Waals surface area (Å²) in [5, 5.41) is 17.3. The lowest BCUT2D eigenvalue weighted by Gasteiger charge is -2.00. The van der Waals surface area contributed by atoms with Gasteiger partial charge in [-0.25, -0.2) is 9.78 Å². The minimum atomic E-state index is -0.536. The van der Waals surface area contributed by atoms with Crippen LogP contribution in [0.3, 0.4) is 0 Å². The predicted octanol–water partition coefficient (Wildman–Crippen LogP) is 3.02. The van der Waals surface area contributed by atoms with E-state index in [9.17, 15) is 9.90 Å². The van der Waals surface area contributed by atoms with E-state index in [0.717, 1.165) is 5.56 Å². The van der Waals surface area contributed by atoms with Crippen LogP contribution >= 0.6 is 0 Å². The Balaban J connectivity index is 2.26. The number of esters is 1. The number of aromatic amines is 1. The van der Waals surface area contributed by atoms with Gasteiger partial charge in [-0.2, -0.15) is 0 Å². The predicted molar refractivity (Wildman–Crippen MR) is 71.6 cm³/mol. The standard InChI is InChI=1S/C13H14N4O3/c1-3-20-13(19)11-12(15-7-14-11)17-16-10-6-9(18)5-4-8(10)2/h4-7,18H,3H2,1-2H3,(H,14,15). The molecule has 0 bridgehead atoms. The first-order chi connectivity index (χ1) is 9.61. The molecule has 1 aromatic carbocycles. The molecule has 2 rings (SSSR count). The summed E-state index contributed by atoms with van der Waals surface area (Å²) < 4.78 is 4.87. The van der Waals surface area contributed by atoms with Crippen molar-refractivity contribution in [3.05, 3.63) is 35.8 Å². The largest absolute Gasteiger partial charge is 0.508 e. The molecule has 1 heterocycles. The second kappa shape index (κ2) is 5.96. The smallest absolute Gasteiger partial charge is 0.358 e.